The van der Waals surface area contributed by atoms with Gasteiger partial charge in [0.05, 0.1) is 53.2 Å². The summed E-state index contributed by atoms with van der Waals surface area (Å²) in [5.74, 6) is 4.00. The van der Waals surface area contributed by atoms with E-state index >= 15 is 4.39 Å². The Labute approximate surface area is 243 Å². The van der Waals surface area contributed by atoms with E-state index in [4.69, 9.17) is 28.3 Å². The summed E-state index contributed by atoms with van der Waals surface area (Å²) in [6.45, 7) is 3.47. The Balaban J connectivity index is 1.57. The number of carbonyl (C=O) groups excluding carboxylic acids is 1. The molecule has 1 aliphatic heterocycles. The van der Waals surface area contributed by atoms with Crippen LogP contribution in [0, 0.1) is 23.1 Å². The van der Waals surface area contributed by atoms with Crippen molar-refractivity contribution in [3.63, 3.8) is 0 Å². The second-order valence-corrected chi connectivity index (χ2v) is 11.0. The molecule has 3 aromatic rings. The van der Waals surface area contributed by atoms with Gasteiger partial charge in [0, 0.05) is 23.4 Å². The first-order valence-electron chi connectivity index (χ1n) is 13.0. The zero-order chi connectivity index (χ0) is 30.7. The number of fused-ring (bicyclic) bond motifs is 2. The van der Waals surface area contributed by atoms with Crippen LogP contribution in [0.4, 0.5) is 29.1 Å². The third kappa shape index (κ3) is 5.30. The number of benzene rings is 2. The number of anilines is 2. The predicted octanol–water partition coefficient (Wildman–Crippen LogP) is 2.87. The van der Waals surface area contributed by atoms with E-state index in [2.05, 4.69) is 22.1 Å². The van der Waals surface area contributed by atoms with Crippen molar-refractivity contribution in [1.29, 1.82) is 0 Å². The number of rotatable bonds is 4. The number of aromatic nitrogens is 2. The normalized spacial score (nSPS) is 16.7. The number of nitrogens with zero attached hydrogens (tertiary/aromatic N) is 3. The lowest BCUT2D eigenvalue weighted by molar-refractivity contribution is -0.192. The molecule has 6 radical (unpaired) electrons. The Morgan fingerprint density at radius 3 is 2.45 bits per heavy atom. The molecule has 1 saturated carbocycles. The summed E-state index contributed by atoms with van der Waals surface area (Å²) in [6, 6.07) is 9.12. The van der Waals surface area contributed by atoms with Gasteiger partial charge in [-0.05, 0) is 51.0 Å². The van der Waals surface area contributed by atoms with Gasteiger partial charge in [0.2, 0.25) is 5.91 Å². The van der Waals surface area contributed by atoms with E-state index < -0.39 is 39.8 Å². The number of nitrogens with one attached hydrogen (secondary N) is 1. The quantitative estimate of drug-likeness (QED) is 0.296. The fourth-order valence-electron chi connectivity index (χ4n) is 4.98. The topological polar surface area (TPSA) is 76.5 Å². The van der Waals surface area contributed by atoms with Crippen molar-refractivity contribution in [3.05, 3.63) is 63.8 Å². The van der Waals surface area contributed by atoms with Crippen LogP contribution in [0.3, 0.4) is 0 Å². The number of amides is 1. The summed E-state index contributed by atoms with van der Waals surface area (Å²) in [5.41, 5.74) is -2.99. The van der Waals surface area contributed by atoms with Gasteiger partial charge in [0.1, 0.15) is 11.2 Å². The van der Waals surface area contributed by atoms with E-state index in [1.165, 1.54) is 32.0 Å². The Morgan fingerprint density at radius 1 is 1.12 bits per heavy atom. The van der Waals surface area contributed by atoms with Gasteiger partial charge < -0.3 is 19.5 Å². The van der Waals surface area contributed by atoms with Crippen molar-refractivity contribution in [2.24, 2.45) is 5.41 Å². The largest absolute Gasteiger partial charge is 0.403 e. The number of hydrogen-bond acceptors (Lipinski definition) is 5. The van der Waals surface area contributed by atoms with E-state index in [0.29, 0.717) is 16.8 Å². The maximum Gasteiger partial charge on any atom is 0.403 e. The minimum atomic E-state index is -4.64. The van der Waals surface area contributed by atoms with Gasteiger partial charge in [-0.1, -0.05) is 29.2 Å². The molecule has 1 amide bonds. The molecule has 7 nitrogen and oxygen atoms in total. The maximum atomic E-state index is 15.3. The first-order valence-corrected chi connectivity index (χ1v) is 13.0. The molecule has 2 aliphatic rings. The molecule has 0 atom stereocenters. The number of halogens is 4. The van der Waals surface area contributed by atoms with Gasteiger partial charge in [-0.2, -0.15) is 18.2 Å². The van der Waals surface area contributed by atoms with Gasteiger partial charge in [-0.25, -0.2) is 9.18 Å². The van der Waals surface area contributed by atoms with Crippen LogP contribution in [0.2, 0.25) is 0 Å². The average Bonchev–Trinajstić information content (AvgIpc) is 3.71. The molecular weight excluding hydrogens is 549 g/mol. The lowest BCUT2D eigenvalue weighted by Gasteiger charge is -2.29. The van der Waals surface area contributed by atoms with Crippen molar-refractivity contribution in [2.45, 2.75) is 50.2 Å². The van der Waals surface area contributed by atoms with Gasteiger partial charge in [-0.15, -0.1) is 0 Å². The highest BCUT2D eigenvalue weighted by Crippen LogP contribution is 2.57. The van der Waals surface area contributed by atoms with Crippen LogP contribution in [-0.2, 0) is 21.4 Å². The summed E-state index contributed by atoms with van der Waals surface area (Å²) in [7, 11) is 17.4. The molecule has 2 heterocycles. The molecule has 1 N–H and O–H groups in total. The highest BCUT2D eigenvalue weighted by molar-refractivity contribution is 6.56. The van der Waals surface area contributed by atoms with Crippen LogP contribution in [0.5, 0.6) is 0 Å². The Bertz CT molecular complexity index is 1700. The molecule has 0 bridgehead atoms. The number of hydrogen-bond donors (Lipinski definition) is 1. The minimum Gasteiger partial charge on any atom is -0.375 e. The van der Waals surface area contributed by atoms with Crippen molar-refractivity contribution in [1.82, 2.24) is 14.9 Å². The van der Waals surface area contributed by atoms with Crippen LogP contribution < -0.4 is 15.9 Å². The third-order valence-electron chi connectivity index (χ3n) is 7.30. The maximum absolute atomic E-state index is 15.3. The van der Waals surface area contributed by atoms with Crippen LogP contribution in [0.25, 0.3) is 10.9 Å². The molecule has 42 heavy (non-hydrogen) atoms. The smallest absolute Gasteiger partial charge is 0.375 e. The van der Waals surface area contributed by atoms with E-state index in [0.717, 1.165) is 4.57 Å². The van der Waals surface area contributed by atoms with E-state index in [1.54, 1.807) is 23.1 Å². The molecule has 5 rings (SSSR count). The molecule has 2 aromatic carbocycles. The van der Waals surface area contributed by atoms with Crippen LogP contribution in [0.1, 0.15) is 37.8 Å². The average molecular weight is 572 g/mol. The number of ether oxygens (including phenoxy) is 1. The lowest BCUT2D eigenvalue weighted by atomic mass is 9.49. The van der Waals surface area contributed by atoms with Crippen molar-refractivity contribution in [2.75, 3.05) is 18.1 Å². The zero-order valence-corrected chi connectivity index (χ0v) is 22.8. The van der Waals surface area contributed by atoms with Crippen molar-refractivity contribution in [3.8, 4) is 11.8 Å². The molecule has 14 heteroatoms. The highest BCUT2D eigenvalue weighted by Gasteiger charge is 2.68. The van der Waals surface area contributed by atoms with Gasteiger partial charge in [-0.3, -0.25) is 4.79 Å². The molecule has 1 fully saturated rings. The molecule has 1 aliphatic carbocycles. The third-order valence-corrected chi connectivity index (χ3v) is 7.30. The summed E-state index contributed by atoms with van der Waals surface area (Å²) < 4.78 is 62.2. The summed E-state index contributed by atoms with van der Waals surface area (Å²) in [6.07, 6.45) is -5.17. The zero-order valence-electron chi connectivity index (χ0n) is 22.8. The first-order chi connectivity index (χ1) is 19.6. The highest BCUT2D eigenvalue weighted by atomic mass is 19.4. The monoisotopic (exact) mass is 572 g/mol. The minimum absolute atomic E-state index is 0.0139. The lowest BCUT2D eigenvalue weighted by Crippen LogP contribution is -2.49. The second-order valence-electron chi connectivity index (χ2n) is 11.0. The van der Waals surface area contributed by atoms with Crippen LogP contribution in [-0.4, -0.2) is 63.9 Å². The molecule has 1 aromatic heterocycles. The first kappa shape index (κ1) is 29.8. The fourth-order valence-corrected chi connectivity index (χ4v) is 4.98. The van der Waals surface area contributed by atoms with Gasteiger partial charge in [0.25, 0.3) is 0 Å². The van der Waals surface area contributed by atoms with Crippen LogP contribution >= 0.6 is 0 Å². The second kappa shape index (κ2) is 10.2. The molecule has 0 saturated heterocycles. The number of alkyl halides is 3. The van der Waals surface area contributed by atoms with E-state index in [1.807, 2.05) is 0 Å². The summed E-state index contributed by atoms with van der Waals surface area (Å²) in [4.78, 5) is 31.3. The molecule has 0 spiro atoms. The van der Waals surface area contributed by atoms with Crippen LogP contribution in [0.15, 0.2) is 41.2 Å². The van der Waals surface area contributed by atoms with E-state index in [9.17, 15) is 22.8 Å². The molecule has 210 valence electrons. The fraction of sp³-hybridized carbons (Fsp3) is 0.393. The van der Waals surface area contributed by atoms with Crippen molar-refractivity contribution < 1.29 is 27.1 Å². The Kier molecular flexibility index (Phi) is 7.25. The summed E-state index contributed by atoms with van der Waals surface area (Å²) >= 11 is 0. The summed E-state index contributed by atoms with van der Waals surface area (Å²) in [5, 5.41) is 0.219. The van der Waals surface area contributed by atoms with Gasteiger partial charge >= 0.3 is 11.9 Å². The SMILES string of the molecule is [B]C([B])([B])n1c(=O)nc(N2CCOCc3c(C#CC(C)(C)NC(=O)C4(C(F)(F)F)CC4)cccc32)c2c(F)cccc21. The number of carbonyl (C=O) groups is 1. The Morgan fingerprint density at radius 2 is 1.81 bits per heavy atom. The van der Waals surface area contributed by atoms with E-state index in [-0.39, 0.29) is 49.3 Å². The molecule has 0 unspecified atom stereocenters. The predicted molar refractivity (Wildman–Crippen MR) is 151 cm³/mol. The van der Waals surface area contributed by atoms with Crippen molar-refractivity contribution >= 4 is 51.9 Å². The standard InChI is InChI=1S/C28H23B3F4N4O3/c1-25(2,37-23(40)26(11-12-26)27(33,34)35)10-9-16-5-3-7-19-17(16)15-42-14-13-38(19)22-21-18(32)6-4-8-20(21)39(24(41)36-22)28(29,30)31/h3-8H,11-15H2,1-2H3,(H,37,40). The molecular formula is C28H23B3F4N4O3. The Hall–Kier alpha value is -3.72. The van der Waals surface area contributed by atoms with Gasteiger partial charge in [0.15, 0.2) is 5.82 Å².